The first-order valence-electron chi connectivity index (χ1n) is 10.2. The summed E-state index contributed by atoms with van der Waals surface area (Å²) in [7, 11) is 0. The van der Waals surface area contributed by atoms with Crippen LogP contribution in [0.25, 0.3) is 11.3 Å². The molecule has 0 amide bonds. The third-order valence-electron chi connectivity index (χ3n) is 5.27. The zero-order valence-corrected chi connectivity index (χ0v) is 17.8. The number of hydrogen-bond acceptors (Lipinski definition) is 6. The highest BCUT2D eigenvalue weighted by molar-refractivity contribution is 6.18. The molecule has 1 saturated heterocycles. The second-order valence-electron chi connectivity index (χ2n) is 7.34. The van der Waals surface area contributed by atoms with Crippen LogP contribution in [0, 0.1) is 0 Å². The summed E-state index contributed by atoms with van der Waals surface area (Å²) in [6, 6.07) is 17.5. The quantitative estimate of drug-likeness (QED) is 0.366. The fourth-order valence-corrected chi connectivity index (χ4v) is 4.01. The van der Waals surface area contributed by atoms with Gasteiger partial charge in [-0.25, -0.2) is 4.98 Å². The number of aromatic amines is 1. The number of alkyl halides is 1. The van der Waals surface area contributed by atoms with Gasteiger partial charge in [-0.15, -0.1) is 11.6 Å². The molecule has 1 fully saturated rings. The Hall–Kier alpha value is -2.87. The number of nitrogen functional groups attached to an aromatic ring is 1. The van der Waals surface area contributed by atoms with Gasteiger partial charge in [-0.05, 0) is 25.0 Å². The Labute approximate surface area is 185 Å². The largest absolute Gasteiger partial charge is 0.385 e. The van der Waals surface area contributed by atoms with Gasteiger partial charge in [0.2, 0.25) is 11.7 Å². The lowest BCUT2D eigenvalue weighted by atomic mass is 10.0. The maximum atomic E-state index is 12.5. The van der Waals surface area contributed by atoms with Crippen LogP contribution >= 0.6 is 11.6 Å². The summed E-state index contributed by atoms with van der Waals surface area (Å²) < 4.78 is 11.4. The number of nitrogens with one attached hydrogen (secondary N) is 2. The number of halogens is 1. The Morgan fingerprint density at radius 2 is 1.81 bits per heavy atom. The molecular weight excluding hydrogens is 416 g/mol. The Bertz CT molecular complexity index is 1060. The van der Waals surface area contributed by atoms with Crippen LogP contribution in [0.1, 0.15) is 17.5 Å². The van der Waals surface area contributed by atoms with Gasteiger partial charge in [0.25, 0.3) is 5.56 Å². The smallest absolute Gasteiger partial charge is 0.256 e. The molecule has 0 bridgehead atoms. The number of H-pyrrole nitrogens is 1. The summed E-state index contributed by atoms with van der Waals surface area (Å²) in [5.41, 5.74) is 9.59. The fourth-order valence-electron chi connectivity index (χ4n) is 3.70. The minimum atomic E-state index is -0.850. The molecular formula is C23H25ClN4O3. The van der Waals surface area contributed by atoms with E-state index in [0.717, 1.165) is 23.2 Å². The minimum absolute atomic E-state index is 0.121. The number of ether oxygens (including phenoxy) is 2. The molecule has 0 aliphatic carbocycles. The second-order valence-corrected chi connectivity index (χ2v) is 7.60. The summed E-state index contributed by atoms with van der Waals surface area (Å²) in [5, 5.41) is 3.38. The molecule has 1 aromatic heterocycles. The molecule has 8 heteroatoms. The average Bonchev–Trinajstić information content (AvgIpc) is 3.29. The second kappa shape index (κ2) is 9.51. The molecule has 3 aromatic rings. The third kappa shape index (κ3) is 4.74. The lowest BCUT2D eigenvalue weighted by Crippen LogP contribution is -2.29. The first-order chi connectivity index (χ1) is 15.1. The standard InChI is InChI=1S/C23H25ClN4O3/c24-15-23(30-13-14-31-23)17-8-10-18(11-9-17)26-12-4-7-19-20(16-5-2-1-3-6-16)27-22(25)28-21(19)29/h1-3,5-6,8-11,26H,4,7,12-15H2,(H3,25,27,28,29). The van der Waals surface area contributed by atoms with Crippen molar-refractivity contribution in [3.8, 4) is 11.3 Å². The Morgan fingerprint density at radius 1 is 1.10 bits per heavy atom. The molecule has 0 spiro atoms. The topological polar surface area (TPSA) is 102 Å². The van der Waals surface area contributed by atoms with E-state index in [0.29, 0.717) is 37.4 Å². The first-order valence-corrected chi connectivity index (χ1v) is 10.8. The van der Waals surface area contributed by atoms with E-state index in [1.54, 1.807) is 0 Å². The number of nitrogens with two attached hydrogens (primary N) is 1. The normalized spacial score (nSPS) is 15.1. The molecule has 4 rings (SSSR count). The van der Waals surface area contributed by atoms with E-state index in [4.69, 9.17) is 26.8 Å². The molecule has 1 aliphatic rings. The molecule has 2 heterocycles. The van der Waals surface area contributed by atoms with Crippen LogP contribution in [0.2, 0.25) is 0 Å². The van der Waals surface area contributed by atoms with Crippen molar-refractivity contribution in [3.05, 3.63) is 76.1 Å². The number of hydrogen-bond donors (Lipinski definition) is 3. The van der Waals surface area contributed by atoms with Gasteiger partial charge in [0.05, 0.1) is 24.8 Å². The lowest BCUT2D eigenvalue weighted by molar-refractivity contribution is -0.146. The van der Waals surface area contributed by atoms with Crippen molar-refractivity contribution in [1.29, 1.82) is 0 Å². The number of rotatable bonds is 8. The Kier molecular flexibility index (Phi) is 6.56. The molecule has 0 radical (unpaired) electrons. The van der Waals surface area contributed by atoms with Gasteiger partial charge in [-0.1, -0.05) is 42.5 Å². The van der Waals surface area contributed by atoms with Crippen molar-refractivity contribution in [2.24, 2.45) is 0 Å². The summed E-state index contributed by atoms with van der Waals surface area (Å²) in [6.07, 6.45) is 1.34. The van der Waals surface area contributed by atoms with Crippen molar-refractivity contribution >= 4 is 23.2 Å². The molecule has 31 heavy (non-hydrogen) atoms. The zero-order chi connectivity index (χ0) is 21.7. The SMILES string of the molecule is Nc1nc(-c2ccccc2)c(CCCNc2ccc(C3(CCl)OCCO3)cc2)c(=O)[nH]1. The highest BCUT2D eigenvalue weighted by atomic mass is 35.5. The molecule has 162 valence electrons. The number of nitrogens with zero attached hydrogens (tertiary/aromatic N) is 1. The fraction of sp³-hybridized carbons (Fsp3) is 0.304. The van der Waals surface area contributed by atoms with Gasteiger partial charge in [0, 0.05) is 28.9 Å². The van der Waals surface area contributed by atoms with Gasteiger partial charge in [0.15, 0.2) is 0 Å². The van der Waals surface area contributed by atoms with E-state index in [-0.39, 0.29) is 17.4 Å². The predicted octanol–water partition coefficient (Wildman–Crippen LogP) is 3.50. The Morgan fingerprint density at radius 3 is 2.48 bits per heavy atom. The number of aromatic nitrogens is 2. The highest BCUT2D eigenvalue weighted by Crippen LogP contribution is 2.33. The molecule has 0 saturated carbocycles. The van der Waals surface area contributed by atoms with Crippen LogP contribution in [0.15, 0.2) is 59.4 Å². The molecule has 2 aromatic carbocycles. The van der Waals surface area contributed by atoms with Gasteiger partial charge in [0.1, 0.15) is 0 Å². The lowest BCUT2D eigenvalue weighted by Gasteiger charge is -2.25. The number of anilines is 2. The van der Waals surface area contributed by atoms with Crippen LogP contribution < -0.4 is 16.6 Å². The molecule has 7 nitrogen and oxygen atoms in total. The van der Waals surface area contributed by atoms with Crippen LogP contribution in [0.3, 0.4) is 0 Å². The van der Waals surface area contributed by atoms with Gasteiger partial charge >= 0.3 is 0 Å². The van der Waals surface area contributed by atoms with E-state index in [1.807, 2.05) is 54.6 Å². The summed E-state index contributed by atoms with van der Waals surface area (Å²) in [6.45, 7) is 1.78. The number of benzene rings is 2. The summed E-state index contributed by atoms with van der Waals surface area (Å²) in [5.74, 6) is -0.485. The van der Waals surface area contributed by atoms with E-state index in [9.17, 15) is 4.79 Å². The van der Waals surface area contributed by atoms with E-state index in [1.165, 1.54) is 0 Å². The van der Waals surface area contributed by atoms with E-state index < -0.39 is 5.79 Å². The van der Waals surface area contributed by atoms with Crippen molar-refractivity contribution < 1.29 is 9.47 Å². The monoisotopic (exact) mass is 440 g/mol. The van der Waals surface area contributed by atoms with Gasteiger partial charge < -0.3 is 20.5 Å². The van der Waals surface area contributed by atoms with Crippen molar-refractivity contribution in [2.45, 2.75) is 18.6 Å². The van der Waals surface area contributed by atoms with Crippen molar-refractivity contribution in [2.75, 3.05) is 36.7 Å². The van der Waals surface area contributed by atoms with Crippen LogP contribution in [-0.2, 0) is 21.7 Å². The van der Waals surface area contributed by atoms with Crippen LogP contribution in [0.5, 0.6) is 0 Å². The molecule has 0 atom stereocenters. The van der Waals surface area contributed by atoms with Crippen LogP contribution in [0.4, 0.5) is 11.6 Å². The Balaban J connectivity index is 1.39. The maximum Gasteiger partial charge on any atom is 0.256 e. The van der Waals surface area contributed by atoms with Gasteiger partial charge in [-0.2, -0.15) is 0 Å². The predicted molar refractivity (Wildman–Crippen MR) is 122 cm³/mol. The average molecular weight is 441 g/mol. The maximum absolute atomic E-state index is 12.5. The van der Waals surface area contributed by atoms with Crippen LogP contribution in [-0.4, -0.2) is 35.6 Å². The molecule has 0 unspecified atom stereocenters. The zero-order valence-electron chi connectivity index (χ0n) is 17.1. The highest BCUT2D eigenvalue weighted by Gasteiger charge is 2.37. The van der Waals surface area contributed by atoms with Gasteiger partial charge in [-0.3, -0.25) is 9.78 Å². The van der Waals surface area contributed by atoms with E-state index >= 15 is 0 Å². The third-order valence-corrected chi connectivity index (χ3v) is 5.62. The summed E-state index contributed by atoms with van der Waals surface area (Å²) in [4.78, 5) is 19.5. The first kappa shape index (κ1) is 21.4. The molecule has 1 aliphatic heterocycles. The summed E-state index contributed by atoms with van der Waals surface area (Å²) >= 11 is 6.07. The molecule has 4 N–H and O–H groups in total. The van der Waals surface area contributed by atoms with Crippen molar-refractivity contribution in [1.82, 2.24) is 9.97 Å². The van der Waals surface area contributed by atoms with Crippen molar-refractivity contribution in [3.63, 3.8) is 0 Å². The van der Waals surface area contributed by atoms with E-state index in [2.05, 4.69) is 15.3 Å². The minimum Gasteiger partial charge on any atom is -0.385 e.